The smallest absolute Gasteiger partial charge is 0.415 e. The van der Waals surface area contributed by atoms with E-state index in [-0.39, 0.29) is 24.8 Å². The van der Waals surface area contributed by atoms with E-state index in [9.17, 15) is 9.59 Å². The van der Waals surface area contributed by atoms with Gasteiger partial charge in [0.15, 0.2) is 11.6 Å². The van der Waals surface area contributed by atoms with Crippen molar-refractivity contribution in [3.05, 3.63) is 16.6 Å². The van der Waals surface area contributed by atoms with Crippen LogP contribution in [0.25, 0.3) is 10.4 Å². The third kappa shape index (κ3) is 2.69. The molecule has 2 amide bonds. The number of aromatic nitrogens is 2. The van der Waals surface area contributed by atoms with Gasteiger partial charge < -0.3 is 10.1 Å². The van der Waals surface area contributed by atoms with Crippen molar-refractivity contribution < 1.29 is 14.3 Å². The zero-order valence-corrected chi connectivity index (χ0v) is 11.4. The molecular weight excluding hydrogens is 298 g/mol. The van der Waals surface area contributed by atoms with Gasteiger partial charge in [-0.3, -0.25) is 9.69 Å². The summed E-state index contributed by atoms with van der Waals surface area (Å²) in [6.07, 6.45) is 0.341. The van der Waals surface area contributed by atoms with Crippen molar-refractivity contribution in [3.63, 3.8) is 0 Å². The van der Waals surface area contributed by atoms with E-state index in [4.69, 9.17) is 10.3 Å². The van der Waals surface area contributed by atoms with E-state index < -0.39 is 12.2 Å². The molecule has 1 atom stereocenters. The average Bonchev–Trinajstić information content (AvgIpc) is 2.85. The van der Waals surface area contributed by atoms with Crippen molar-refractivity contribution in [1.29, 1.82) is 0 Å². The minimum Gasteiger partial charge on any atom is -0.444 e. The van der Waals surface area contributed by atoms with Crippen molar-refractivity contribution in [1.82, 2.24) is 9.97 Å². The van der Waals surface area contributed by atoms with Gasteiger partial charge in [-0.1, -0.05) is 16.9 Å². The monoisotopic (exact) mass is 307 g/mol. The predicted octanol–water partition coefficient (Wildman–Crippen LogP) is 1.16. The highest BCUT2D eigenvalue weighted by atomic mass is 32.2. The van der Waals surface area contributed by atoms with E-state index in [2.05, 4.69) is 25.3 Å². The zero-order valence-electron chi connectivity index (χ0n) is 10.6. The number of amides is 2. The maximum atomic E-state index is 11.8. The number of cyclic esters (lactones) is 1. The van der Waals surface area contributed by atoms with Crippen LogP contribution in [0.3, 0.4) is 0 Å². The number of thioether (sulfide) groups is 1. The van der Waals surface area contributed by atoms with Gasteiger partial charge in [0.2, 0.25) is 5.91 Å². The van der Waals surface area contributed by atoms with Gasteiger partial charge in [-0.2, -0.15) is 0 Å². The van der Waals surface area contributed by atoms with Crippen LogP contribution < -0.4 is 10.2 Å². The van der Waals surface area contributed by atoms with E-state index in [1.165, 1.54) is 22.9 Å². The van der Waals surface area contributed by atoms with Crippen LogP contribution in [0.5, 0.6) is 0 Å². The minimum absolute atomic E-state index is 0.0592. The Hall–Kier alpha value is -2.52. The van der Waals surface area contributed by atoms with E-state index in [0.29, 0.717) is 16.6 Å². The summed E-state index contributed by atoms with van der Waals surface area (Å²) in [6.45, 7) is 0.274. The molecule has 11 heteroatoms. The fourth-order valence-corrected chi connectivity index (χ4v) is 2.62. The summed E-state index contributed by atoms with van der Waals surface area (Å²) in [5.41, 5.74) is 8.27. The fourth-order valence-electron chi connectivity index (χ4n) is 1.92. The summed E-state index contributed by atoms with van der Waals surface area (Å²) < 4.78 is 5.06. The van der Waals surface area contributed by atoms with Crippen LogP contribution in [-0.4, -0.2) is 46.9 Å². The van der Waals surface area contributed by atoms with Gasteiger partial charge in [0, 0.05) is 4.91 Å². The van der Waals surface area contributed by atoms with Gasteiger partial charge in [-0.05, 0) is 5.53 Å². The summed E-state index contributed by atoms with van der Waals surface area (Å²) in [5, 5.41) is 6.59. The van der Waals surface area contributed by atoms with Crippen LogP contribution in [0, 0.1) is 0 Å². The predicted molar refractivity (Wildman–Crippen MR) is 73.0 cm³/mol. The molecule has 1 unspecified atom stereocenters. The molecule has 21 heavy (non-hydrogen) atoms. The zero-order chi connectivity index (χ0) is 14.8. The number of azide groups is 1. The summed E-state index contributed by atoms with van der Waals surface area (Å²) in [6, 6.07) is 0. The largest absolute Gasteiger partial charge is 0.444 e. The molecule has 1 aromatic rings. The lowest BCUT2D eigenvalue weighted by Gasteiger charge is -2.17. The molecule has 0 aromatic carbocycles. The molecule has 0 aliphatic carbocycles. The highest BCUT2D eigenvalue weighted by molar-refractivity contribution is 8.00. The van der Waals surface area contributed by atoms with Crippen molar-refractivity contribution in [2.75, 3.05) is 29.1 Å². The highest BCUT2D eigenvalue weighted by Gasteiger charge is 2.33. The van der Waals surface area contributed by atoms with Crippen LogP contribution in [0.2, 0.25) is 0 Å². The molecule has 1 fully saturated rings. The van der Waals surface area contributed by atoms with Crippen LogP contribution in [-0.2, 0) is 9.53 Å². The number of rotatable bonds is 3. The number of anilines is 2. The molecule has 2 aliphatic rings. The van der Waals surface area contributed by atoms with Gasteiger partial charge >= 0.3 is 6.09 Å². The van der Waals surface area contributed by atoms with Crippen molar-refractivity contribution in [2.45, 2.75) is 11.1 Å². The van der Waals surface area contributed by atoms with Crippen LogP contribution in [0.15, 0.2) is 16.3 Å². The standard InChI is InChI=1S/C10H9N7O3S/c11-16-13-1-5-3-17(10(19)20-5)6-2-12-9-8(14-6)15-7(18)4-21-9/h2,5H,1,3-4H2,(H,14,15,18). The van der Waals surface area contributed by atoms with Gasteiger partial charge in [-0.25, -0.2) is 14.8 Å². The fraction of sp³-hybridized carbons (Fsp3) is 0.400. The molecule has 0 saturated carbocycles. The average molecular weight is 307 g/mol. The molecule has 1 aromatic heterocycles. The quantitative estimate of drug-likeness (QED) is 0.506. The van der Waals surface area contributed by atoms with Gasteiger partial charge in [0.25, 0.3) is 0 Å². The molecule has 2 aliphatic heterocycles. The number of hydrogen-bond acceptors (Lipinski definition) is 7. The number of carbonyl (C=O) groups is 2. The van der Waals surface area contributed by atoms with Gasteiger partial charge in [0.1, 0.15) is 11.1 Å². The Bertz CT molecular complexity index is 660. The first-order chi connectivity index (χ1) is 10.2. The second kappa shape index (κ2) is 5.46. The summed E-state index contributed by atoms with van der Waals surface area (Å²) >= 11 is 1.28. The number of nitrogens with one attached hydrogen (secondary N) is 1. The Morgan fingerprint density at radius 2 is 2.48 bits per heavy atom. The van der Waals surface area contributed by atoms with Crippen LogP contribution >= 0.6 is 11.8 Å². The molecule has 0 bridgehead atoms. The highest BCUT2D eigenvalue weighted by Crippen LogP contribution is 2.30. The van der Waals surface area contributed by atoms with Crippen LogP contribution in [0.4, 0.5) is 16.4 Å². The van der Waals surface area contributed by atoms with Gasteiger partial charge in [0.05, 0.1) is 25.0 Å². The second-order valence-corrected chi connectivity index (χ2v) is 5.21. The normalized spacial score (nSPS) is 20.4. The molecule has 3 heterocycles. The van der Waals surface area contributed by atoms with Crippen molar-refractivity contribution >= 4 is 35.4 Å². The summed E-state index contributed by atoms with van der Waals surface area (Å²) in [4.78, 5) is 35.4. The Morgan fingerprint density at radius 1 is 1.62 bits per heavy atom. The van der Waals surface area contributed by atoms with Crippen LogP contribution in [0.1, 0.15) is 0 Å². The third-order valence-corrected chi connectivity index (χ3v) is 3.80. The Labute approximate surface area is 122 Å². The molecule has 108 valence electrons. The number of ether oxygens (including phenoxy) is 1. The molecular formula is C10H9N7O3S. The Morgan fingerprint density at radius 3 is 3.29 bits per heavy atom. The lowest BCUT2D eigenvalue weighted by molar-refractivity contribution is -0.113. The van der Waals surface area contributed by atoms with Crippen molar-refractivity contribution in [2.24, 2.45) is 5.11 Å². The summed E-state index contributed by atoms with van der Waals surface area (Å²) in [5.74, 6) is 0.746. The maximum absolute atomic E-state index is 11.8. The molecule has 3 rings (SSSR count). The lowest BCUT2D eigenvalue weighted by Crippen LogP contribution is -2.28. The first kappa shape index (κ1) is 13.5. The number of nitrogens with zero attached hydrogens (tertiary/aromatic N) is 6. The Balaban J connectivity index is 1.81. The van der Waals surface area contributed by atoms with Crippen molar-refractivity contribution in [3.8, 4) is 0 Å². The topological polar surface area (TPSA) is 133 Å². The lowest BCUT2D eigenvalue weighted by atomic mass is 10.3. The minimum atomic E-state index is -0.586. The molecule has 0 spiro atoms. The first-order valence-electron chi connectivity index (χ1n) is 5.96. The van der Waals surface area contributed by atoms with E-state index in [1.54, 1.807) is 0 Å². The van der Waals surface area contributed by atoms with Gasteiger partial charge in [-0.15, -0.1) is 0 Å². The molecule has 1 N–H and O–H groups in total. The molecule has 0 radical (unpaired) electrons. The first-order valence-corrected chi connectivity index (χ1v) is 6.94. The second-order valence-electron chi connectivity index (χ2n) is 4.25. The molecule has 1 saturated heterocycles. The maximum Gasteiger partial charge on any atom is 0.415 e. The number of fused-ring (bicyclic) bond motifs is 1. The van der Waals surface area contributed by atoms with E-state index in [1.807, 2.05) is 0 Å². The van der Waals surface area contributed by atoms with E-state index in [0.717, 1.165) is 0 Å². The number of carbonyl (C=O) groups excluding carboxylic acids is 2. The van der Waals surface area contributed by atoms with E-state index >= 15 is 0 Å². The number of hydrogen-bond donors (Lipinski definition) is 1. The SMILES string of the molecule is [N-]=[N+]=NCC1CN(c2cnc3c(n2)NC(=O)CS3)C(=O)O1. The summed E-state index contributed by atoms with van der Waals surface area (Å²) in [7, 11) is 0. The third-order valence-electron chi connectivity index (χ3n) is 2.82. The Kier molecular flexibility index (Phi) is 3.50. The molecule has 10 nitrogen and oxygen atoms in total.